The molecule has 0 spiro atoms. The summed E-state index contributed by atoms with van der Waals surface area (Å²) in [4.78, 5) is 10.4. The van der Waals surface area contributed by atoms with Crippen molar-refractivity contribution in [3.8, 4) is 23.6 Å². The molecule has 0 saturated heterocycles. The topological polar surface area (TPSA) is 109 Å². The highest BCUT2D eigenvalue weighted by atomic mass is 16.7. The average molecular weight is 243 g/mol. The first kappa shape index (κ1) is 11.4. The Balaban J connectivity index is 2.64. The molecule has 0 unspecified atom stereocenters. The molecule has 0 fully saturated rings. The summed E-state index contributed by atoms with van der Waals surface area (Å²) in [6, 6.07) is 6.18. The van der Waals surface area contributed by atoms with Gasteiger partial charge in [0.15, 0.2) is 5.75 Å². The van der Waals surface area contributed by atoms with Crippen LogP contribution in [0.25, 0.3) is 6.08 Å². The maximum absolute atomic E-state index is 11.0. The predicted molar refractivity (Wildman–Crippen MR) is 58.4 cm³/mol. The molecule has 0 radical (unpaired) electrons. The quantitative estimate of drug-likeness (QED) is 0.444. The van der Waals surface area contributed by atoms with Crippen molar-refractivity contribution in [3.63, 3.8) is 0 Å². The maximum atomic E-state index is 11.0. The van der Waals surface area contributed by atoms with Gasteiger partial charge in [0.2, 0.25) is 12.5 Å². The summed E-state index contributed by atoms with van der Waals surface area (Å²) in [5, 5.41) is 28.3. The van der Waals surface area contributed by atoms with E-state index < -0.39 is 4.92 Å². The number of fused-ring (bicyclic) bond motifs is 1. The molecule has 0 aliphatic carbocycles. The van der Waals surface area contributed by atoms with Gasteiger partial charge in [0.1, 0.15) is 17.7 Å². The van der Waals surface area contributed by atoms with Crippen LogP contribution in [-0.4, -0.2) is 11.7 Å². The van der Waals surface area contributed by atoms with E-state index in [4.69, 9.17) is 20.0 Å². The fourth-order valence-electron chi connectivity index (χ4n) is 1.52. The lowest BCUT2D eigenvalue weighted by molar-refractivity contribution is -0.385. The number of benzene rings is 1. The summed E-state index contributed by atoms with van der Waals surface area (Å²) >= 11 is 0. The molecule has 0 amide bonds. The first-order valence-corrected chi connectivity index (χ1v) is 4.76. The van der Waals surface area contributed by atoms with E-state index in [0.717, 1.165) is 6.08 Å². The minimum absolute atomic E-state index is 0.0176. The van der Waals surface area contributed by atoms with E-state index >= 15 is 0 Å². The second-order valence-corrected chi connectivity index (χ2v) is 3.28. The number of nitro groups is 1. The summed E-state index contributed by atoms with van der Waals surface area (Å²) in [6.45, 7) is -0.0906. The predicted octanol–water partition coefficient (Wildman–Crippen LogP) is 1.75. The third-order valence-corrected chi connectivity index (χ3v) is 2.27. The molecular weight excluding hydrogens is 238 g/mol. The molecule has 0 aromatic heterocycles. The van der Waals surface area contributed by atoms with E-state index in [2.05, 4.69) is 0 Å². The van der Waals surface area contributed by atoms with Gasteiger partial charge in [-0.3, -0.25) is 10.1 Å². The van der Waals surface area contributed by atoms with Gasteiger partial charge in [-0.05, 0) is 18.2 Å². The number of allylic oxidation sites excluding steroid dienone is 1. The van der Waals surface area contributed by atoms with Gasteiger partial charge in [0.05, 0.1) is 10.5 Å². The van der Waals surface area contributed by atoms with Crippen LogP contribution >= 0.6 is 0 Å². The third-order valence-electron chi connectivity index (χ3n) is 2.27. The molecule has 1 aromatic rings. The summed E-state index contributed by atoms with van der Waals surface area (Å²) in [7, 11) is 0. The second kappa shape index (κ2) is 4.44. The number of nitro benzene ring substituents is 1. The highest BCUT2D eigenvalue weighted by Crippen LogP contribution is 2.43. The minimum atomic E-state index is -0.633. The summed E-state index contributed by atoms with van der Waals surface area (Å²) in [5.41, 5.74) is -0.410. The Labute approximate surface area is 101 Å². The molecule has 0 atom stereocenters. The largest absolute Gasteiger partial charge is 0.453 e. The Bertz CT molecular complexity index is 621. The Hall–Kier alpha value is -3.06. The highest BCUT2D eigenvalue weighted by molar-refractivity contribution is 5.74. The van der Waals surface area contributed by atoms with Gasteiger partial charge in [-0.25, -0.2) is 0 Å². The molecule has 1 aromatic carbocycles. The zero-order chi connectivity index (χ0) is 13.1. The van der Waals surface area contributed by atoms with Gasteiger partial charge in [0, 0.05) is 0 Å². The van der Waals surface area contributed by atoms with E-state index in [-0.39, 0.29) is 35.1 Å². The molecule has 1 aliphatic heterocycles. The number of rotatable bonds is 2. The minimum Gasteiger partial charge on any atom is -0.453 e. The normalized spacial score (nSPS) is 11.2. The van der Waals surface area contributed by atoms with E-state index in [1.54, 1.807) is 12.1 Å². The third kappa shape index (κ3) is 1.81. The van der Waals surface area contributed by atoms with E-state index in [1.807, 2.05) is 0 Å². The van der Waals surface area contributed by atoms with Gasteiger partial charge in [0.25, 0.3) is 0 Å². The standard InChI is InChI=1S/C11H5N3O4/c12-4-7(5-13)3-8-1-2-9-11(18-6-17-9)10(8)14(15)16/h1-3H,6H2. The molecule has 7 heteroatoms. The summed E-state index contributed by atoms with van der Waals surface area (Å²) < 4.78 is 10.0. The summed E-state index contributed by atoms with van der Waals surface area (Å²) in [6.07, 6.45) is 1.14. The fourth-order valence-corrected chi connectivity index (χ4v) is 1.52. The molecule has 1 aliphatic rings. The van der Waals surface area contributed by atoms with Crippen molar-refractivity contribution in [2.24, 2.45) is 0 Å². The first-order valence-electron chi connectivity index (χ1n) is 4.76. The maximum Gasteiger partial charge on any atom is 0.322 e. The van der Waals surface area contributed by atoms with Gasteiger partial charge in [-0.2, -0.15) is 10.5 Å². The van der Waals surface area contributed by atoms with Crippen LogP contribution < -0.4 is 9.47 Å². The second-order valence-electron chi connectivity index (χ2n) is 3.28. The zero-order valence-electron chi connectivity index (χ0n) is 8.91. The molecule has 1 heterocycles. The fraction of sp³-hybridized carbons (Fsp3) is 0.0909. The van der Waals surface area contributed by atoms with Crippen LogP contribution in [0.2, 0.25) is 0 Å². The lowest BCUT2D eigenvalue weighted by Crippen LogP contribution is -1.96. The van der Waals surface area contributed by atoms with Crippen LogP contribution in [0.3, 0.4) is 0 Å². The Kier molecular flexibility index (Phi) is 2.82. The van der Waals surface area contributed by atoms with Crippen molar-refractivity contribution in [2.75, 3.05) is 6.79 Å². The van der Waals surface area contributed by atoms with Gasteiger partial charge >= 0.3 is 5.69 Å². The van der Waals surface area contributed by atoms with Crippen molar-refractivity contribution in [1.82, 2.24) is 0 Å². The van der Waals surface area contributed by atoms with Crippen molar-refractivity contribution in [1.29, 1.82) is 10.5 Å². The monoisotopic (exact) mass is 243 g/mol. The SMILES string of the molecule is N#CC(C#N)=Cc1ccc2c(c1[N+](=O)[O-])OCO2. The highest BCUT2D eigenvalue weighted by Gasteiger charge is 2.28. The molecule has 88 valence electrons. The van der Waals surface area contributed by atoms with Crippen LogP contribution in [0.15, 0.2) is 17.7 Å². The number of nitrogens with zero attached hydrogens (tertiary/aromatic N) is 3. The van der Waals surface area contributed by atoms with E-state index in [1.165, 1.54) is 12.1 Å². The van der Waals surface area contributed by atoms with Crippen molar-refractivity contribution in [3.05, 3.63) is 33.4 Å². The lowest BCUT2D eigenvalue weighted by Gasteiger charge is -2.01. The Morgan fingerprint density at radius 2 is 2.11 bits per heavy atom. The summed E-state index contributed by atoms with van der Waals surface area (Å²) in [5.74, 6) is 0.290. The van der Waals surface area contributed by atoms with Gasteiger partial charge in [-0.1, -0.05) is 0 Å². The smallest absolute Gasteiger partial charge is 0.322 e. The van der Waals surface area contributed by atoms with Crippen molar-refractivity contribution in [2.45, 2.75) is 0 Å². The van der Waals surface area contributed by atoms with Gasteiger partial charge < -0.3 is 9.47 Å². The van der Waals surface area contributed by atoms with Crippen molar-refractivity contribution < 1.29 is 14.4 Å². The zero-order valence-corrected chi connectivity index (χ0v) is 8.91. The number of hydrogen-bond donors (Lipinski definition) is 0. The Morgan fingerprint density at radius 3 is 2.72 bits per heavy atom. The number of hydrogen-bond acceptors (Lipinski definition) is 6. The van der Waals surface area contributed by atoms with E-state index in [9.17, 15) is 10.1 Å². The van der Waals surface area contributed by atoms with Crippen LogP contribution in [0.5, 0.6) is 11.5 Å². The molecule has 18 heavy (non-hydrogen) atoms. The van der Waals surface area contributed by atoms with Crippen LogP contribution in [-0.2, 0) is 0 Å². The van der Waals surface area contributed by atoms with Crippen LogP contribution in [0, 0.1) is 32.8 Å². The molecule has 7 nitrogen and oxygen atoms in total. The average Bonchev–Trinajstić information content (AvgIpc) is 2.82. The lowest BCUT2D eigenvalue weighted by atomic mass is 10.1. The first-order chi connectivity index (χ1) is 8.67. The van der Waals surface area contributed by atoms with Crippen LogP contribution in [0.4, 0.5) is 5.69 Å². The Morgan fingerprint density at radius 1 is 1.39 bits per heavy atom. The van der Waals surface area contributed by atoms with E-state index in [0.29, 0.717) is 0 Å². The van der Waals surface area contributed by atoms with Crippen LogP contribution in [0.1, 0.15) is 5.56 Å². The molecule has 0 saturated carbocycles. The van der Waals surface area contributed by atoms with Crippen molar-refractivity contribution >= 4 is 11.8 Å². The molecular formula is C11H5N3O4. The molecule has 2 rings (SSSR count). The molecule has 0 N–H and O–H groups in total. The van der Waals surface area contributed by atoms with Gasteiger partial charge in [-0.15, -0.1) is 0 Å². The number of ether oxygens (including phenoxy) is 2. The number of nitriles is 2. The molecule has 0 bridgehead atoms.